The molecule has 0 spiro atoms. The zero-order valence-corrected chi connectivity index (χ0v) is 8.07. The Morgan fingerprint density at radius 1 is 1.12 bits per heavy atom. The van der Waals surface area contributed by atoms with Gasteiger partial charge in [-0.1, -0.05) is 12.1 Å². The Morgan fingerprint density at radius 2 is 1.75 bits per heavy atom. The van der Waals surface area contributed by atoms with E-state index in [-0.39, 0.29) is 11.1 Å². The van der Waals surface area contributed by atoms with E-state index in [1.807, 2.05) is 0 Å². The van der Waals surface area contributed by atoms with Crippen molar-refractivity contribution in [3.63, 3.8) is 0 Å². The molecular formula is C10H10O6. The summed E-state index contributed by atoms with van der Waals surface area (Å²) in [7, 11) is 0. The molecule has 0 bridgehead atoms. The van der Waals surface area contributed by atoms with Gasteiger partial charge in [0.1, 0.15) is 6.10 Å². The van der Waals surface area contributed by atoms with Crippen LogP contribution in [0, 0.1) is 0 Å². The van der Waals surface area contributed by atoms with E-state index in [4.69, 9.17) is 15.3 Å². The van der Waals surface area contributed by atoms with Gasteiger partial charge < -0.3 is 20.4 Å². The lowest BCUT2D eigenvalue weighted by Crippen LogP contribution is -2.27. The van der Waals surface area contributed by atoms with E-state index < -0.39 is 24.1 Å². The van der Waals surface area contributed by atoms with E-state index >= 15 is 0 Å². The molecule has 0 saturated carbocycles. The van der Waals surface area contributed by atoms with Crippen molar-refractivity contribution in [2.45, 2.75) is 12.2 Å². The molecule has 0 amide bonds. The van der Waals surface area contributed by atoms with Crippen LogP contribution in [0.2, 0.25) is 0 Å². The number of aliphatic carboxylic acids is 1. The molecule has 86 valence electrons. The highest BCUT2D eigenvalue weighted by atomic mass is 16.4. The van der Waals surface area contributed by atoms with E-state index in [1.54, 1.807) is 0 Å². The summed E-state index contributed by atoms with van der Waals surface area (Å²) in [5, 5.41) is 35.7. The molecule has 0 saturated heterocycles. The number of hydrogen-bond acceptors (Lipinski definition) is 4. The number of benzene rings is 1. The zero-order valence-electron chi connectivity index (χ0n) is 8.07. The van der Waals surface area contributed by atoms with Crippen LogP contribution in [0.25, 0.3) is 0 Å². The van der Waals surface area contributed by atoms with Crippen LogP contribution in [0.3, 0.4) is 0 Å². The average molecular weight is 226 g/mol. The molecule has 6 nitrogen and oxygen atoms in total. The molecule has 0 radical (unpaired) electrons. The molecule has 0 aromatic heterocycles. The molecule has 2 unspecified atom stereocenters. The third kappa shape index (κ3) is 2.56. The van der Waals surface area contributed by atoms with Crippen LogP contribution < -0.4 is 0 Å². The minimum Gasteiger partial charge on any atom is -0.479 e. The summed E-state index contributed by atoms with van der Waals surface area (Å²) in [4.78, 5) is 21.0. The van der Waals surface area contributed by atoms with Crippen molar-refractivity contribution in [2.24, 2.45) is 0 Å². The maximum Gasteiger partial charge on any atom is 0.335 e. The van der Waals surface area contributed by atoms with Gasteiger partial charge in [-0.25, -0.2) is 9.59 Å². The SMILES string of the molecule is O=C(O)c1cccc(C(O)C(O)C(=O)O)c1. The predicted octanol–water partition coefficient (Wildman–Crippen LogP) is -0.136. The highest BCUT2D eigenvalue weighted by molar-refractivity contribution is 5.87. The van der Waals surface area contributed by atoms with E-state index in [0.717, 1.165) is 6.07 Å². The van der Waals surface area contributed by atoms with E-state index in [0.29, 0.717) is 0 Å². The van der Waals surface area contributed by atoms with Crippen molar-refractivity contribution in [1.82, 2.24) is 0 Å². The van der Waals surface area contributed by atoms with Gasteiger partial charge in [0.15, 0.2) is 6.10 Å². The summed E-state index contributed by atoms with van der Waals surface area (Å²) in [6.07, 6.45) is -3.64. The highest BCUT2D eigenvalue weighted by Gasteiger charge is 2.25. The number of aromatic carboxylic acids is 1. The van der Waals surface area contributed by atoms with Crippen molar-refractivity contribution in [3.05, 3.63) is 35.4 Å². The molecule has 1 rings (SSSR count). The lowest BCUT2D eigenvalue weighted by Gasteiger charge is -2.14. The lowest BCUT2D eigenvalue weighted by molar-refractivity contribution is -0.153. The van der Waals surface area contributed by atoms with Crippen LogP contribution in [-0.2, 0) is 4.79 Å². The van der Waals surface area contributed by atoms with E-state index in [9.17, 15) is 14.7 Å². The van der Waals surface area contributed by atoms with Crippen molar-refractivity contribution < 1.29 is 30.0 Å². The number of carboxylic acids is 2. The molecule has 0 fully saturated rings. The van der Waals surface area contributed by atoms with Gasteiger partial charge in [-0.2, -0.15) is 0 Å². The van der Waals surface area contributed by atoms with Crippen LogP contribution in [-0.4, -0.2) is 38.5 Å². The Morgan fingerprint density at radius 3 is 2.25 bits per heavy atom. The molecule has 4 N–H and O–H groups in total. The molecule has 0 aliphatic heterocycles. The standard InChI is InChI=1S/C10H10O6/c11-7(8(12)10(15)16)5-2-1-3-6(4-5)9(13)14/h1-4,7-8,11-12H,(H,13,14)(H,15,16). The largest absolute Gasteiger partial charge is 0.479 e. The first-order valence-corrected chi connectivity index (χ1v) is 4.35. The lowest BCUT2D eigenvalue weighted by atomic mass is 10.0. The second kappa shape index (κ2) is 4.73. The van der Waals surface area contributed by atoms with Crippen LogP contribution >= 0.6 is 0 Å². The molecule has 0 heterocycles. The normalized spacial score (nSPS) is 14.1. The third-order valence-electron chi connectivity index (χ3n) is 2.03. The first-order valence-electron chi connectivity index (χ1n) is 4.35. The monoisotopic (exact) mass is 226 g/mol. The summed E-state index contributed by atoms with van der Waals surface area (Å²) >= 11 is 0. The Kier molecular flexibility index (Phi) is 3.60. The molecular weight excluding hydrogens is 216 g/mol. The van der Waals surface area contributed by atoms with Crippen molar-refractivity contribution in [3.8, 4) is 0 Å². The smallest absolute Gasteiger partial charge is 0.335 e. The third-order valence-corrected chi connectivity index (χ3v) is 2.03. The second-order valence-corrected chi connectivity index (χ2v) is 3.16. The van der Waals surface area contributed by atoms with Gasteiger partial charge in [0.2, 0.25) is 0 Å². The minimum absolute atomic E-state index is 0.0369. The topological polar surface area (TPSA) is 115 Å². The van der Waals surface area contributed by atoms with Gasteiger partial charge in [-0.05, 0) is 17.7 Å². The van der Waals surface area contributed by atoms with Crippen LogP contribution in [0.4, 0.5) is 0 Å². The minimum atomic E-state index is -1.98. The highest BCUT2D eigenvalue weighted by Crippen LogP contribution is 2.18. The maximum atomic E-state index is 10.6. The summed E-state index contributed by atoms with van der Waals surface area (Å²) in [5.41, 5.74) is -0.0519. The number of carbonyl (C=O) groups is 2. The Bertz CT molecular complexity index is 414. The predicted molar refractivity (Wildman–Crippen MR) is 52.0 cm³/mol. The van der Waals surface area contributed by atoms with Gasteiger partial charge >= 0.3 is 11.9 Å². The van der Waals surface area contributed by atoms with Crippen LogP contribution in [0.5, 0.6) is 0 Å². The maximum absolute atomic E-state index is 10.6. The number of hydrogen-bond donors (Lipinski definition) is 4. The molecule has 1 aromatic rings. The quantitative estimate of drug-likeness (QED) is 0.568. The molecule has 2 atom stereocenters. The fourth-order valence-electron chi connectivity index (χ4n) is 1.17. The fourth-order valence-corrected chi connectivity index (χ4v) is 1.17. The van der Waals surface area contributed by atoms with Gasteiger partial charge in [-0.3, -0.25) is 0 Å². The fraction of sp³-hybridized carbons (Fsp3) is 0.200. The van der Waals surface area contributed by atoms with Crippen molar-refractivity contribution in [2.75, 3.05) is 0 Å². The summed E-state index contributed by atoms with van der Waals surface area (Å²) in [6, 6.07) is 5.10. The molecule has 0 aliphatic rings. The number of carboxylic acid groups (broad SMARTS) is 2. The summed E-state index contributed by atoms with van der Waals surface area (Å²) in [5.74, 6) is -2.77. The van der Waals surface area contributed by atoms with Crippen LogP contribution in [0.15, 0.2) is 24.3 Å². The van der Waals surface area contributed by atoms with Crippen molar-refractivity contribution >= 4 is 11.9 Å². The first kappa shape index (κ1) is 12.2. The zero-order chi connectivity index (χ0) is 12.3. The average Bonchev–Trinajstić information content (AvgIpc) is 2.27. The number of aliphatic hydroxyl groups excluding tert-OH is 2. The van der Waals surface area contributed by atoms with Crippen LogP contribution in [0.1, 0.15) is 22.0 Å². The second-order valence-electron chi connectivity index (χ2n) is 3.16. The van der Waals surface area contributed by atoms with Gasteiger partial charge in [0, 0.05) is 0 Å². The summed E-state index contributed by atoms with van der Waals surface area (Å²) in [6.45, 7) is 0. The van der Waals surface area contributed by atoms with Gasteiger partial charge in [0.25, 0.3) is 0 Å². The van der Waals surface area contributed by atoms with Gasteiger partial charge in [-0.15, -0.1) is 0 Å². The number of aliphatic hydroxyl groups is 2. The number of rotatable bonds is 4. The van der Waals surface area contributed by atoms with Gasteiger partial charge in [0.05, 0.1) is 5.56 Å². The molecule has 16 heavy (non-hydrogen) atoms. The Balaban J connectivity index is 3.00. The Labute approximate surface area is 90.4 Å². The molecule has 1 aromatic carbocycles. The first-order chi connectivity index (χ1) is 7.43. The van der Waals surface area contributed by atoms with E-state index in [2.05, 4.69) is 0 Å². The summed E-state index contributed by atoms with van der Waals surface area (Å²) < 4.78 is 0. The molecule has 0 aliphatic carbocycles. The van der Waals surface area contributed by atoms with Crippen molar-refractivity contribution in [1.29, 1.82) is 0 Å². The molecule has 6 heteroatoms. The van der Waals surface area contributed by atoms with E-state index in [1.165, 1.54) is 18.2 Å². The Hall–Kier alpha value is -1.92.